The van der Waals surface area contributed by atoms with Gasteiger partial charge in [0.2, 0.25) is 0 Å². The first kappa shape index (κ1) is 23.1. The number of ether oxygens (including phenoxy) is 1. The number of rotatable bonds is 9. The third kappa shape index (κ3) is 5.70. The zero-order valence-corrected chi connectivity index (χ0v) is 21.5. The second kappa shape index (κ2) is 9.89. The van der Waals surface area contributed by atoms with Gasteiger partial charge in [0.15, 0.2) is 5.82 Å². The first-order chi connectivity index (χ1) is 16.9. The molecule has 0 atom stereocenters. The lowest BCUT2D eigenvalue weighted by Crippen LogP contribution is -2.21. The molecular formula is C28H31N5OSi. The van der Waals surface area contributed by atoms with E-state index in [4.69, 9.17) is 4.74 Å². The van der Waals surface area contributed by atoms with Gasteiger partial charge in [-0.15, -0.1) is 0 Å². The van der Waals surface area contributed by atoms with E-state index in [1.54, 1.807) is 0 Å². The summed E-state index contributed by atoms with van der Waals surface area (Å²) < 4.78 is 7.84. The minimum absolute atomic E-state index is 0.546. The van der Waals surface area contributed by atoms with Crippen LogP contribution in [0.4, 0.5) is 0 Å². The molecule has 5 aromatic rings. The van der Waals surface area contributed by atoms with Crippen LogP contribution < -0.4 is 0 Å². The van der Waals surface area contributed by atoms with Gasteiger partial charge in [0.05, 0.1) is 29.6 Å². The number of aromatic amines is 2. The predicted octanol–water partition coefficient (Wildman–Crippen LogP) is 6.91. The van der Waals surface area contributed by atoms with Crippen LogP contribution in [0.2, 0.25) is 25.7 Å². The highest BCUT2D eigenvalue weighted by atomic mass is 28.3. The maximum Gasteiger partial charge on any atom is 0.154 e. The van der Waals surface area contributed by atoms with Crippen molar-refractivity contribution in [1.29, 1.82) is 0 Å². The Balaban J connectivity index is 1.22. The summed E-state index contributed by atoms with van der Waals surface area (Å²) in [5, 5.41) is 0. The minimum Gasteiger partial charge on any atom is -0.361 e. The fraction of sp³-hybridized carbons (Fsp3) is 0.214. The number of hydrogen-bond acceptors (Lipinski definition) is 3. The smallest absolute Gasteiger partial charge is 0.154 e. The van der Waals surface area contributed by atoms with E-state index >= 15 is 0 Å². The summed E-state index contributed by atoms with van der Waals surface area (Å²) in [4.78, 5) is 15.6. The van der Waals surface area contributed by atoms with Crippen molar-refractivity contribution in [2.75, 3.05) is 6.61 Å². The molecule has 178 valence electrons. The lowest BCUT2D eigenvalue weighted by atomic mass is 10.0. The van der Waals surface area contributed by atoms with E-state index in [1.807, 2.05) is 41.6 Å². The predicted molar refractivity (Wildman–Crippen MR) is 145 cm³/mol. The molecule has 6 nitrogen and oxygen atoms in total. The van der Waals surface area contributed by atoms with Crippen LogP contribution in [0.25, 0.3) is 45.2 Å². The van der Waals surface area contributed by atoms with Crippen LogP contribution in [0, 0.1) is 0 Å². The van der Waals surface area contributed by atoms with Gasteiger partial charge in [0.25, 0.3) is 0 Å². The molecule has 7 heteroatoms. The second-order valence-electron chi connectivity index (χ2n) is 10.0. The van der Waals surface area contributed by atoms with Crippen molar-refractivity contribution >= 4 is 8.07 Å². The van der Waals surface area contributed by atoms with Gasteiger partial charge in [0.1, 0.15) is 6.73 Å². The molecule has 0 fully saturated rings. The highest BCUT2D eigenvalue weighted by molar-refractivity contribution is 6.76. The summed E-state index contributed by atoms with van der Waals surface area (Å²) in [6, 6.07) is 22.2. The Morgan fingerprint density at radius 2 is 1.51 bits per heavy atom. The highest BCUT2D eigenvalue weighted by Crippen LogP contribution is 2.27. The Morgan fingerprint density at radius 1 is 0.829 bits per heavy atom. The Kier molecular flexibility index (Phi) is 6.52. The van der Waals surface area contributed by atoms with Crippen LogP contribution in [0.1, 0.15) is 0 Å². The number of benzene rings is 2. The molecule has 3 heterocycles. The zero-order valence-electron chi connectivity index (χ0n) is 20.5. The average molecular weight is 482 g/mol. The molecule has 0 saturated carbocycles. The van der Waals surface area contributed by atoms with Crippen molar-refractivity contribution in [2.24, 2.45) is 0 Å². The molecule has 0 unspecified atom stereocenters. The van der Waals surface area contributed by atoms with Gasteiger partial charge in [-0.25, -0.2) is 9.97 Å². The molecular weight excluding hydrogens is 450 g/mol. The molecule has 0 aliphatic carbocycles. The fourth-order valence-electron chi connectivity index (χ4n) is 3.89. The number of nitrogens with one attached hydrogen (secondary N) is 2. The lowest BCUT2D eigenvalue weighted by Gasteiger charge is -2.15. The summed E-state index contributed by atoms with van der Waals surface area (Å²) in [6.45, 7) is 8.45. The molecule has 0 bridgehead atoms. The largest absolute Gasteiger partial charge is 0.361 e. The summed E-state index contributed by atoms with van der Waals surface area (Å²) >= 11 is 0. The standard InChI is InChI=1S/C28H31N5OSi/c1-35(2,3)16-15-34-20-33-18-27(31-19-33)24-12-8-22(9-13-24)21-6-10-23(11-7-21)26-17-30-28(32-26)25-5-4-14-29-25/h4-14,17-19,29H,15-16,20H2,1-3H3,(H,30,32). The van der Waals surface area contributed by atoms with Crippen LogP contribution in [-0.4, -0.2) is 39.2 Å². The van der Waals surface area contributed by atoms with Crippen molar-refractivity contribution in [3.63, 3.8) is 0 Å². The van der Waals surface area contributed by atoms with E-state index in [-0.39, 0.29) is 0 Å². The fourth-order valence-corrected chi connectivity index (χ4v) is 4.64. The van der Waals surface area contributed by atoms with Crippen LogP contribution in [-0.2, 0) is 11.5 Å². The Labute approximate surface area is 207 Å². The van der Waals surface area contributed by atoms with Gasteiger partial charge in [-0.1, -0.05) is 68.2 Å². The number of hydrogen-bond donors (Lipinski definition) is 2. The SMILES string of the molecule is C[Si](C)(C)CCOCn1cnc(-c2ccc(-c3ccc(-c4cnc(-c5ccc[nH]5)[nH]4)cc3)cc2)c1. The van der Waals surface area contributed by atoms with Crippen molar-refractivity contribution in [3.05, 3.63) is 85.6 Å². The lowest BCUT2D eigenvalue weighted by molar-refractivity contribution is 0.0872. The molecule has 2 N–H and O–H groups in total. The summed E-state index contributed by atoms with van der Waals surface area (Å²) in [7, 11) is -1.06. The molecule has 2 aromatic carbocycles. The number of aromatic nitrogens is 5. The zero-order chi connectivity index (χ0) is 24.3. The van der Waals surface area contributed by atoms with Crippen LogP contribution in [0.15, 0.2) is 85.6 Å². The van der Waals surface area contributed by atoms with Gasteiger partial charge in [-0.05, 0) is 34.9 Å². The highest BCUT2D eigenvalue weighted by Gasteiger charge is 2.12. The monoisotopic (exact) mass is 481 g/mol. The third-order valence-electron chi connectivity index (χ3n) is 6.01. The third-order valence-corrected chi connectivity index (χ3v) is 7.71. The molecule has 0 aliphatic rings. The van der Waals surface area contributed by atoms with E-state index in [0.29, 0.717) is 6.73 Å². The molecule has 0 saturated heterocycles. The number of imidazole rings is 2. The van der Waals surface area contributed by atoms with Gasteiger partial charge in [-0.2, -0.15) is 0 Å². The summed E-state index contributed by atoms with van der Waals surface area (Å²) in [6.07, 6.45) is 7.65. The molecule has 3 aromatic heterocycles. The first-order valence-electron chi connectivity index (χ1n) is 11.9. The number of H-pyrrole nitrogens is 2. The second-order valence-corrected chi connectivity index (χ2v) is 15.6. The van der Waals surface area contributed by atoms with Crippen LogP contribution in [0.5, 0.6) is 0 Å². The molecule has 0 spiro atoms. The normalized spacial score (nSPS) is 11.7. The average Bonchev–Trinajstić information content (AvgIpc) is 3.63. The van der Waals surface area contributed by atoms with E-state index in [9.17, 15) is 0 Å². The molecule has 0 amide bonds. The molecule has 5 rings (SSSR count). The van der Waals surface area contributed by atoms with Gasteiger partial charge >= 0.3 is 0 Å². The van der Waals surface area contributed by atoms with Gasteiger partial charge in [-0.3, -0.25) is 0 Å². The van der Waals surface area contributed by atoms with E-state index in [2.05, 4.69) is 88.1 Å². The van der Waals surface area contributed by atoms with Gasteiger partial charge < -0.3 is 19.3 Å². The van der Waals surface area contributed by atoms with Gasteiger partial charge in [0, 0.05) is 32.6 Å². The quantitative estimate of drug-likeness (QED) is 0.177. The summed E-state index contributed by atoms with van der Waals surface area (Å²) in [5.74, 6) is 0.838. The van der Waals surface area contributed by atoms with E-state index in [1.165, 1.54) is 17.2 Å². The number of nitrogens with zero attached hydrogens (tertiary/aromatic N) is 3. The first-order valence-corrected chi connectivity index (χ1v) is 15.6. The van der Waals surface area contributed by atoms with Crippen molar-refractivity contribution in [3.8, 4) is 45.2 Å². The van der Waals surface area contributed by atoms with Crippen molar-refractivity contribution in [2.45, 2.75) is 32.4 Å². The van der Waals surface area contributed by atoms with Crippen LogP contribution >= 0.6 is 0 Å². The maximum atomic E-state index is 5.83. The topological polar surface area (TPSA) is 71.5 Å². The van der Waals surface area contributed by atoms with Crippen molar-refractivity contribution in [1.82, 2.24) is 24.5 Å². The Bertz CT molecular complexity index is 1360. The van der Waals surface area contributed by atoms with Crippen LogP contribution in [0.3, 0.4) is 0 Å². The summed E-state index contributed by atoms with van der Waals surface area (Å²) in [5.41, 5.74) is 7.48. The molecule has 0 aliphatic heterocycles. The Morgan fingerprint density at radius 3 is 2.17 bits per heavy atom. The Hall–Kier alpha value is -3.68. The maximum absolute atomic E-state index is 5.83. The van der Waals surface area contributed by atoms with E-state index < -0.39 is 8.07 Å². The minimum atomic E-state index is -1.06. The van der Waals surface area contributed by atoms with E-state index in [0.717, 1.165) is 40.6 Å². The molecule has 0 radical (unpaired) electrons. The van der Waals surface area contributed by atoms with Crippen molar-refractivity contribution < 1.29 is 4.74 Å². The molecule has 35 heavy (non-hydrogen) atoms.